The lowest BCUT2D eigenvalue weighted by atomic mass is 9.99. The van der Waals surface area contributed by atoms with Crippen molar-refractivity contribution in [2.24, 2.45) is 0 Å². The number of anilines is 1. The molecule has 2 atom stereocenters. The molecule has 0 saturated heterocycles. The first kappa shape index (κ1) is 23.2. The third kappa shape index (κ3) is 4.56. The Kier molecular flexibility index (Phi) is 6.75. The van der Waals surface area contributed by atoms with E-state index in [4.69, 9.17) is 26.8 Å². The van der Waals surface area contributed by atoms with Gasteiger partial charge in [-0.25, -0.2) is 19.0 Å². The maximum Gasteiger partial charge on any atom is 0.348 e. The van der Waals surface area contributed by atoms with Crippen molar-refractivity contribution in [3.63, 3.8) is 0 Å². The van der Waals surface area contributed by atoms with Crippen molar-refractivity contribution < 1.29 is 33.7 Å². The van der Waals surface area contributed by atoms with E-state index in [1.165, 1.54) is 7.11 Å². The molecule has 0 bridgehead atoms. The van der Waals surface area contributed by atoms with Crippen LogP contribution in [0.25, 0.3) is 11.2 Å². The maximum atomic E-state index is 15.0. The SMILES string of the molecule is COC(COC(Cc1nn[nH]n1)(C(=O)O)C(=O)O)CC(F)n1cnc2c(N)nc(Cl)nc21. The second-order valence-corrected chi connectivity index (χ2v) is 6.82. The van der Waals surface area contributed by atoms with Crippen molar-refractivity contribution in [3.8, 4) is 0 Å². The van der Waals surface area contributed by atoms with Crippen LogP contribution >= 0.6 is 11.6 Å². The zero-order chi connectivity index (χ0) is 23.5. The molecule has 0 aliphatic rings. The highest BCUT2D eigenvalue weighted by molar-refractivity contribution is 6.28. The summed E-state index contributed by atoms with van der Waals surface area (Å²) in [5, 5.41) is 31.3. The van der Waals surface area contributed by atoms with E-state index in [1.54, 1.807) is 0 Å². The Bertz CT molecular complexity index is 1100. The van der Waals surface area contributed by atoms with Gasteiger partial charge in [0, 0.05) is 13.5 Å². The van der Waals surface area contributed by atoms with Crippen LogP contribution in [0.3, 0.4) is 0 Å². The number of aromatic nitrogens is 8. The topological polar surface area (TPSA) is 217 Å². The van der Waals surface area contributed by atoms with Gasteiger partial charge in [-0.3, -0.25) is 4.57 Å². The third-order valence-electron chi connectivity index (χ3n) is 4.52. The smallest absolute Gasteiger partial charge is 0.348 e. The first-order valence-corrected chi connectivity index (χ1v) is 9.21. The number of carboxylic acids is 2. The van der Waals surface area contributed by atoms with Crippen LogP contribution in [-0.2, 0) is 25.5 Å². The summed E-state index contributed by atoms with van der Waals surface area (Å²) in [5.41, 5.74) is 3.13. The molecule has 0 fully saturated rings. The van der Waals surface area contributed by atoms with Gasteiger partial charge in [0.25, 0.3) is 5.60 Å². The van der Waals surface area contributed by atoms with Gasteiger partial charge in [-0.05, 0) is 11.6 Å². The fraction of sp³-hybridized carbons (Fsp3) is 0.467. The molecule has 15 nitrogen and oxygen atoms in total. The highest BCUT2D eigenvalue weighted by Crippen LogP contribution is 2.26. The quantitative estimate of drug-likeness (QED) is 0.206. The van der Waals surface area contributed by atoms with E-state index < -0.39 is 43.0 Å². The normalized spacial score (nSPS) is 13.8. The largest absolute Gasteiger partial charge is 0.479 e. The van der Waals surface area contributed by atoms with Crippen molar-refractivity contribution in [1.29, 1.82) is 0 Å². The second-order valence-electron chi connectivity index (χ2n) is 6.48. The molecule has 3 aromatic heterocycles. The number of nitrogen functional groups attached to an aromatic ring is 1. The number of alkyl halides is 1. The fourth-order valence-corrected chi connectivity index (χ4v) is 2.98. The molecule has 3 heterocycles. The Hall–Kier alpha value is -3.50. The van der Waals surface area contributed by atoms with Crippen LogP contribution in [0.2, 0.25) is 5.28 Å². The standard InChI is InChI=1S/C15H17ClFN9O6/c1-31-6(2-7(17)26-5-19-9-10(18)20-14(16)21-11(9)26)4-32-15(12(27)28,13(29)30)3-8-22-24-25-23-8/h5-7H,2-4H2,1H3,(H,27,28)(H,29,30)(H2,18,20,21)(H,22,23,24,25). The van der Waals surface area contributed by atoms with Gasteiger partial charge in [-0.2, -0.15) is 15.2 Å². The van der Waals surface area contributed by atoms with Crippen LogP contribution in [0.1, 0.15) is 18.5 Å². The number of halogens is 2. The third-order valence-corrected chi connectivity index (χ3v) is 4.69. The van der Waals surface area contributed by atoms with Crippen LogP contribution in [0.5, 0.6) is 0 Å². The average Bonchev–Trinajstić information content (AvgIpc) is 3.39. The summed E-state index contributed by atoms with van der Waals surface area (Å²) in [5.74, 6) is -3.84. The molecule has 0 saturated carbocycles. The zero-order valence-electron chi connectivity index (χ0n) is 16.3. The molecule has 17 heteroatoms. The van der Waals surface area contributed by atoms with Crippen molar-refractivity contribution in [1.82, 2.24) is 40.1 Å². The summed E-state index contributed by atoms with van der Waals surface area (Å²) in [7, 11) is 1.23. The lowest BCUT2D eigenvalue weighted by molar-refractivity contribution is -0.188. The van der Waals surface area contributed by atoms with E-state index in [-0.39, 0.29) is 34.5 Å². The fourth-order valence-electron chi connectivity index (χ4n) is 2.81. The number of carbonyl (C=O) groups is 2. The van der Waals surface area contributed by atoms with Crippen LogP contribution < -0.4 is 5.73 Å². The van der Waals surface area contributed by atoms with Gasteiger partial charge < -0.3 is 25.4 Å². The van der Waals surface area contributed by atoms with Crippen LogP contribution in [0, 0.1) is 0 Å². The molecule has 172 valence electrons. The minimum Gasteiger partial charge on any atom is -0.479 e. The molecule has 5 N–H and O–H groups in total. The summed E-state index contributed by atoms with van der Waals surface area (Å²) >= 11 is 5.77. The molecule has 32 heavy (non-hydrogen) atoms. The van der Waals surface area contributed by atoms with E-state index in [2.05, 4.69) is 35.6 Å². The minimum absolute atomic E-state index is 0.0354. The number of aliphatic carboxylic acids is 2. The van der Waals surface area contributed by atoms with Gasteiger partial charge in [0.2, 0.25) is 5.28 Å². The lowest BCUT2D eigenvalue weighted by Gasteiger charge is -2.27. The number of methoxy groups -OCH3 is 1. The van der Waals surface area contributed by atoms with E-state index in [0.29, 0.717) is 0 Å². The number of carboxylic acid groups (broad SMARTS) is 2. The predicted octanol–water partition coefficient (Wildman–Crippen LogP) is -0.384. The van der Waals surface area contributed by atoms with Gasteiger partial charge in [0.15, 0.2) is 23.6 Å². The highest BCUT2D eigenvalue weighted by Gasteiger charge is 2.50. The summed E-state index contributed by atoms with van der Waals surface area (Å²) in [6.45, 7) is -0.585. The molecule has 0 aliphatic carbocycles. The summed E-state index contributed by atoms with van der Waals surface area (Å²) in [6, 6.07) is 0. The second kappa shape index (κ2) is 9.33. The average molecular weight is 474 g/mol. The molecular weight excluding hydrogens is 457 g/mol. The molecule has 0 aliphatic heterocycles. The number of imidazole rings is 1. The Morgan fingerprint density at radius 1 is 1.38 bits per heavy atom. The van der Waals surface area contributed by atoms with Gasteiger partial charge in [-0.1, -0.05) is 5.21 Å². The monoisotopic (exact) mass is 473 g/mol. The molecule has 2 unspecified atom stereocenters. The number of nitrogens with zero attached hydrogens (tertiary/aromatic N) is 7. The van der Waals surface area contributed by atoms with Crippen LogP contribution in [0.4, 0.5) is 10.2 Å². The number of aromatic amines is 1. The Morgan fingerprint density at radius 3 is 2.69 bits per heavy atom. The summed E-state index contributed by atoms with van der Waals surface area (Å²) in [4.78, 5) is 35.1. The zero-order valence-corrected chi connectivity index (χ0v) is 17.1. The van der Waals surface area contributed by atoms with E-state index in [0.717, 1.165) is 10.9 Å². The number of ether oxygens (including phenoxy) is 2. The van der Waals surface area contributed by atoms with Crippen LogP contribution in [0.15, 0.2) is 6.33 Å². The van der Waals surface area contributed by atoms with Crippen molar-refractivity contribution >= 4 is 40.5 Å². The summed E-state index contributed by atoms with van der Waals surface area (Å²) in [6.07, 6.45) is -2.80. The Morgan fingerprint density at radius 2 is 2.09 bits per heavy atom. The van der Waals surface area contributed by atoms with Gasteiger partial charge in [0.05, 0.1) is 25.5 Å². The number of fused-ring (bicyclic) bond motifs is 1. The van der Waals surface area contributed by atoms with Gasteiger partial charge in [-0.15, -0.1) is 10.2 Å². The van der Waals surface area contributed by atoms with E-state index >= 15 is 4.39 Å². The highest BCUT2D eigenvalue weighted by atomic mass is 35.5. The number of nitrogens with one attached hydrogen (secondary N) is 1. The van der Waals surface area contributed by atoms with E-state index in [9.17, 15) is 19.8 Å². The molecule has 0 spiro atoms. The molecule has 0 radical (unpaired) electrons. The summed E-state index contributed by atoms with van der Waals surface area (Å²) < 4.78 is 26.4. The molecular formula is C15H17ClFN9O6. The number of hydrogen-bond acceptors (Lipinski definition) is 11. The first-order chi connectivity index (χ1) is 15.2. The molecule has 3 rings (SSSR count). The number of nitrogens with two attached hydrogens (primary N) is 1. The predicted molar refractivity (Wildman–Crippen MR) is 102 cm³/mol. The van der Waals surface area contributed by atoms with Crippen molar-refractivity contribution in [3.05, 3.63) is 17.4 Å². The van der Waals surface area contributed by atoms with E-state index in [1.807, 2.05) is 0 Å². The molecule has 0 aromatic carbocycles. The number of rotatable bonds is 11. The number of hydrogen-bond donors (Lipinski definition) is 4. The first-order valence-electron chi connectivity index (χ1n) is 8.83. The van der Waals surface area contributed by atoms with Crippen molar-refractivity contribution in [2.45, 2.75) is 30.8 Å². The Labute approximate surface area is 182 Å². The van der Waals surface area contributed by atoms with Gasteiger partial charge >= 0.3 is 11.9 Å². The Balaban J connectivity index is 1.77. The van der Waals surface area contributed by atoms with Gasteiger partial charge in [0.1, 0.15) is 5.52 Å². The maximum absolute atomic E-state index is 15.0. The molecule has 3 aromatic rings. The minimum atomic E-state index is -2.75. The molecule has 0 amide bonds. The number of H-pyrrole nitrogens is 1. The number of tetrazole rings is 1. The lowest BCUT2D eigenvalue weighted by Crippen LogP contribution is -2.52. The van der Waals surface area contributed by atoms with Crippen LogP contribution in [-0.4, -0.2) is 87.7 Å². The van der Waals surface area contributed by atoms with Crippen molar-refractivity contribution in [2.75, 3.05) is 19.5 Å².